The summed E-state index contributed by atoms with van der Waals surface area (Å²) in [4.78, 5) is 15.7. The van der Waals surface area contributed by atoms with Crippen LogP contribution >= 0.6 is 0 Å². The number of amides is 2. The number of anilines is 1. The number of likely N-dealkylation sites (tertiary alicyclic amines) is 1. The third-order valence-electron chi connectivity index (χ3n) is 12.1. The predicted octanol–water partition coefficient (Wildman–Crippen LogP) is 10.7. The molecule has 2 bridgehead atoms. The molecule has 0 aromatic heterocycles. The second-order valence-corrected chi connectivity index (χ2v) is 17.5. The van der Waals surface area contributed by atoms with E-state index in [-0.39, 0.29) is 30.8 Å². The summed E-state index contributed by atoms with van der Waals surface area (Å²) in [6, 6.07) is 41.9. The summed E-state index contributed by atoms with van der Waals surface area (Å²) >= 11 is 0. The van der Waals surface area contributed by atoms with E-state index in [4.69, 9.17) is 14.2 Å². The number of aliphatic hydroxyl groups is 1. The lowest BCUT2D eigenvalue weighted by Crippen LogP contribution is -2.46. The monoisotopic (exact) mass is 765 g/mol. The molecule has 1 saturated carbocycles. The molecule has 296 valence electrons. The van der Waals surface area contributed by atoms with Crippen molar-refractivity contribution in [3.63, 3.8) is 0 Å². The first kappa shape index (κ1) is 38.9. The van der Waals surface area contributed by atoms with Gasteiger partial charge in [0, 0.05) is 42.8 Å². The Morgan fingerprint density at radius 1 is 0.807 bits per heavy atom. The molecule has 2 aliphatic heterocycles. The number of carbonyl (C=O) groups is 1. The van der Waals surface area contributed by atoms with Crippen molar-refractivity contribution in [2.45, 2.75) is 84.6 Å². The van der Waals surface area contributed by atoms with Crippen molar-refractivity contribution in [1.29, 1.82) is 0 Å². The molecule has 6 atom stereocenters. The predicted molar refractivity (Wildman–Crippen MR) is 225 cm³/mol. The minimum absolute atomic E-state index is 0.0143. The SMILES string of the molecule is C[C@@H]1[C@H](CN2CC3(C)CC2CC(C)(C)C3)O[C@H](c2ccc(-c3ccccc3CNC(=O)Nc3ccc(Oc4ccccc4)cc3)cc2)O[C@@H]1c1ccc(CO)cc1. The van der Waals surface area contributed by atoms with E-state index in [1.54, 1.807) is 0 Å². The van der Waals surface area contributed by atoms with Gasteiger partial charge in [0.05, 0.1) is 18.8 Å². The maximum absolute atomic E-state index is 13.0. The van der Waals surface area contributed by atoms with Gasteiger partial charge in [-0.1, -0.05) is 119 Å². The maximum Gasteiger partial charge on any atom is 0.319 e. The first-order valence-corrected chi connectivity index (χ1v) is 20.3. The highest BCUT2D eigenvalue weighted by Crippen LogP contribution is 2.53. The molecule has 0 radical (unpaired) electrons. The van der Waals surface area contributed by atoms with Gasteiger partial charge in [-0.05, 0) is 94.3 Å². The fourth-order valence-electron chi connectivity index (χ4n) is 9.71. The van der Waals surface area contributed by atoms with E-state index < -0.39 is 6.29 Å². The lowest BCUT2D eigenvalue weighted by Gasteiger charge is -2.43. The van der Waals surface area contributed by atoms with Gasteiger partial charge < -0.3 is 30.0 Å². The zero-order chi connectivity index (χ0) is 39.6. The number of nitrogens with one attached hydrogen (secondary N) is 2. The summed E-state index contributed by atoms with van der Waals surface area (Å²) in [5, 5.41) is 15.7. The van der Waals surface area contributed by atoms with E-state index >= 15 is 0 Å². The highest BCUT2D eigenvalue weighted by molar-refractivity contribution is 5.89. The Morgan fingerprint density at radius 3 is 2.23 bits per heavy atom. The van der Waals surface area contributed by atoms with Crippen LogP contribution in [0.15, 0.2) is 127 Å². The van der Waals surface area contributed by atoms with Crippen molar-refractivity contribution in [3.05, 3.63) is 150 Å². The van der Waals surface area contributed by atoms with Gasteiger partial charge in [-0.3, -0.25) is 4.90 Å². The number of nitrogens with zero attached hydrogens (tertiary/aromatic N) is 1. The first-order chi connectivity index (χ1) is 27.5. The molecule has 3 fully saturated rings. The van der Waals surface area contributed by atoms with Gasteiger partial charge in [-0.15, -0.1) is 0 Å². The van der Waals surface area contributed by atoms with Crippen LogP contribution in [0.2, 0.25) is 0 Å². The van der Waals surface area contributed by atoms with E-state index in [0.717, 1.165) is 52.2 Å². The first-order valence-electron chi connectivity index (χ1n) is 20.3. The number of benzene rings is 5. The fourth-order valence-corrected chi connectivity index (χ4v) is 9.71. The zero-order valence-electron chi connectivity index (χ0n) is 33.5. The molecule has 8 nitrogen and oxygen atoms in total. The van der Waals surface area contributed by atoms with Gasteiger partial charge in [0.2, 0.25) is 0 Å². The molecule has 2 amide bonds. The molecular weight excluding hydrogens is 711 g/mol. The quantitative estimate of drug-likeness (QED) is 0.124. The number of aliphatic hydroxyl groups excluding tert-OH is 1. The molecule has 8 heteroatoms. The number of rotatable bonds is 11. The molecule has 5 aromatic rings. The lowest BCUT2D eigenvalue weighted by molar-refractivity contribution is -0.276. The van der Waals surface area contributed by atoms with E-state index in [9.17, 15) is 9.90 Å². The molecule has 0 spiro atoms. The number of carbonyl (C=O) groups excluding carboxylic acids is 1. The van der Waals surface area contributed by atoms with Gasteiger partial charge in [0.1, 0.15) is 11.5 Å². The maximum atomic E-state index is 13.0. The third-order valence-corrected chi connectivity index (χ3v) is 12.1. The molecular formula is C49H55N3O5. The highest BCUT2D eigenvalue weighted by atomic mass is 16.7. The number of para-hydroxylation sites is 1. The average Bonchev–Trinajstić information content (AvgIpc) is 3.46. The Labute approximate surface area is 337 Å². The largest absolute Gasteiger partial charge is 0.457 e. The smallest absolute Gasteiger partial charge is 0.319 e. The van der Waals surface area contributed by atoms with Gasteiger partial charge in [-0.2, -0.15) is 0 Å². The number of urea groups is 1. The van der Waals surface area contributed by atoms with E-state index in [0.29, 0.717) is 34.9 Å². The lowest BCUT2D eigenvalue weighted by atomic mass is 9.65. The van der Waals surface area contributed by atoms with Crippen molar-refractivity contribution in [2.75, 3.05) is 18.4 Å². The van der Waals surface area contributed by atoms with Crippen LogP contribution in [0.5, 0.6) is 11.5 Å². The van der Waals surface area contributed by atoms with Crippen molar-refractivity contribution >= 4 is 11.7 Å². The average molecular weight is 766 g/mol. The van der Waals surface area contributed by atoms with Gasteiger partial charge in [-0.25, -0.2) is 4.79 Å². The topological polar surface area (TPSA) is 92.3 Å². The standard InChI is InChI=1S/C49H55N3O5/c1-33-44(29-52-32-49(4)27-40(52)26-48(2,3)31-49)56-46(57-45(33)36-16-14-34(30-53)15-17-36)37-20-18-35(19-21-37)43-13-9-8-10-38(43)28-50-47(54)51-39-22-24-42(25-23-39)55-41-11-6-5-7-12-41/h5-25,33,40,44-46,53H,26-32H2,1-4H3,(H2,50,51,54)/t33-,40?,44+,45+,46+,49?/m1/s1. The van der Waals surface area contributed by atoms with E-state index in [1.165, 1.54) is 19.3 Å². The molecule has 57 heavy (non-hydrogen) atoms. The number of ether oxygens (including phenoxy) is 3. The van der Waals surface area contributed by atoms with Crippen LogP contribution in [-0.4, -0.2) is 41.3 Å². The summed E-state index contributed by atoms with van der Waals surface area (Å²) < 4.78 is 19.6. The summed E-state index contributed by atoms with van der Waals surface area (Å²) in [5.74, 6) is 1.58. The van der Waals surface area contributed by atoms with Crippen LogP contribution in [0.25, 0.3) is 11.1 Å². The van der Waals surface area contributed by atoms with Crippen molar-refractivity contribution < 1.29 is 24.1 Å². The van der Waals surface area contributed by atoms with Crippen LogP contribution in [0.1, 0.15) is 81.6 Å². The fraction of sp³-hybridized carbons (Fsp3) is 0.367. The Morgan fingerprint density at radius 2 is 1.49 bits per heavy atom. The third kappa shape index (κ3) is 9.10. The van der Waals surface area contributed by atoms with Crippen LogP contribution in [0.4, 0.5) is 10.5 Å². The van der Waals surface area contributed by atoms with Gasteiger partial charge in [0.25, 0.3) is 0 Å². The molecule has 8 rings (SSSR count). The molecule has 2 unspecified atom stereocenters. The minimum Gasteiger partial charge on any atom is -0.457 e. The summed E-state index contributed by atoms with van der Waals surface area (Å²) in [7, 11) is 0. The number of hydrogen-bond acceptors (Lipinski definition) is 6. The van der Waals surface area contributed by atoms with Crippen molar-refractivity contribution in [1.82, 2.24) is 10.2 Å². The van der Waals surface area contributed by atoms with Crippen molar-refractivity contribution in [3.8, 4) is 22.6 Å². The van der Waals surface area contributed by atoms with Crippen LogP contribution in [0, 0.1) is 16.7 Å². The zero-order valence-corrected chi connectivity index (χ0v) is 33.5. The molecule has 1 aliphatic carbocycles. The summed E-state index contributed by atoms with van der Waals surface area (Å²) in [6.45, 7) is 11.9. The van der Waals surface area contributed by atoms with Gasteiger partial charge >= 0.3 is 6.03 Å². The molecule has 3 aliphatic rings. The van der Waals surface area contributed by atoms with E-state index in [2.05, 4.69) is 85.7 Å². The number of hydrogen-bond donors (Lipinski definition) is 3. The minimum atomic E-state index is -0.531. The molecule has 2 heterocycles. The molecule has 2 saturated heterocycles. The Bertz CT molecular complexity index is 2120. The second-order valence-electron chi connectivity index (χ2n) is 17.5. The van der Waals surface area contributed by atoms with Crippen molar-refractivity contribution in [2.24, 2.45) is 16.7 Å². The van der Waals surface area contributed by atoms with Crippen LogP contribution < -0.4 is 15.4 Å². The Balaban J connectivity index is 0.948. The Kier molecular flexibility index (Phi) is 11.2. The van der Waals surface area contributed by atoms with Crippen LogP contribution in [0.3, 0.4) is 0 Å². The molecule has 3 N–H and O–H groups in total. The summed E-state index contributed by atoms with van der Waals surface area (Å²) in [5.41, 5.74) is 7.41. The number of fused-ring (bicyclic) bond motifs is 2. The highest BCUT2D eigenvalue weighted by Gasteiger charge is 2.51. The second kappa shape index (κ2) is 16.5. The normalized spacial score (nSPS) is 25.5. The van der Waals surface area contributed by atoms with Gasteiger partial charge in [0.15, 0.2) is 6.29 Å². The van der Waals surface area contributed by atoms with E-state index in [1.807, 2.05) is 84.9 Å². The Hall–Kier alpha value is -4.99. The van der Waals surface area contributed by atoms with Crippen LogP contribution in [-0.2, 0) is 22.6 Å². The summed E-state index contributed by atoms with van der Waals surface area (Å²) in [6.07, 6.45) is 3.03. The molecule has 5 aromatic carbocycles.